The van der Waals surface area contributed by atoms with Crippen LogP contribution in [0.5, 0.6) is 0 Å². The summed E-state index contributed by atoms with van der Waals surface area (Å²) >= 11 is 11.8. The second-order valence-electron chi connectivity index (χ2n) is 4.60. The first kappa shape index (κ1) is 15.3. The van der Waals surface area contributed by atoms with E-state index in [2.05, 4.69) is 12.2 Å². The average Bonchev–Trinajstić information content (AvgIpc) is 2.40. The molecule has 1 nitrogen and oxygen atoms in total. The van der Waals surface area contributed by atoms with Crippen LogP contribution in [0.25, 0.3) is 11.1 Å². The van der Waals surface area contributed by atoms with Crippen molar-refractivity contribution in [1.29, 1.82) is 0 Å². The molecular weight excluding hydrogens is 296 g/mol. The molecule has 0 bridgehead atoms. The van der Waals surface area contributed by atoms with Crippen molar-refractivity contribution in [1.82, 2.24) is 5.32 Å². The fourth-order valence-electron chi connectivity index (χ4n) is 2.08. The van der Waals surface area contributed by atoms with Gasteiger partial charge in [0.2, 0.25) is 0 Å². The minimum atomic E-state index is -0.323. The van der Waals surface area contributed by atoms with Gasteiger partial charge in [-0.1, -0.05) is 36.2 Å². The molecule has 0 unspecified atom stereocenters. The first-order valence-electron chi connectivity index (χ1n) is 6.56. The molecule has 0 saturated heterocycles. The second kappa shape index (κ2) is 7.07. The van der Waals surface area contributed by atoms with Crippen LogP contribution in [0.1, 0.15) is 18.9 Å². The van der Waals surface area contributed by atoms with Gasteiger partial charge in [-0.25, -0.2) is 4.39 Å². The average molecular weight is 312 g/mol. The molecule has 0 amide bonds. The molecule has 106 valence electrons. The van der Waals surface area contributed by atoms with Gasteiger partial charge in [0.15, 0.2) is 0 Å². The van der Waals surface area contributed by atoms with E-state index in [1.54, 1.807) is 18.2 Å². The van der Waals surface area contributed by atoms with Crippen molar-refractivity contribution in [2.75, 3.05) is 6.54 Å². The number of hydrogen-bond acceptors (Lipinski definition) is 1. The molecule has 1 N–H and O–H groups in total. The van der Waals surface area contributed by atoms with Gasteiger partial charge in [-0.05, 0) is 54.4 Å². The lowest BCUT2D eigenvalue weighted by atomic mass is 9.99. The minimum Gasteiger partial charge on any atom is -0.313 e. The van der Waals surface area contributed by atoms with Gasteiger partial charge in [0, 0.05) is 22.2 Å². The van der Waals surface area contributed by atoms with Gasteiger partial charge in [0.05, 0.1) is 0 Å². The zero-order valence-corrected chi connectivity index (χ0v) is 12.7. The van der Waals surface area contributed by atoms with Gasteiger partial charge in [-0.15, -0.1) is 0 Å². The number of rotatable bonds is 5. The molecule has 0 aliphatic heterocycles. The van der Waals surface area contributed by atoms with Crippen molar-refractivity contribution in [2.24, 2.45) is 0 Å². The zero-order chi connectivity index (χ0) is 14.5. The van der Waals surface area contributed by atoms with Crippen molar-refractivity contribution in [3.8, 4) is 11.1 Å². The third-order valence-corrected chi connectivity index (χ3v) is 3.50. The minimum absolute atomic E-state index is 0.323. The molecular formula is C16H16Cl2FN. The van der Waals surface area contributed by atoms with E-state index in [0.29, 0.717) is 22.2 Å². The fraction of sp³-hybridized carbons (Fsp3) is 0.250. The topological polar surface area (TPSA) is 12.0 Å². The van der Waals surface area contributed by atoms with E-state index in [9.17, 15) is 4.39 Å². The van der Waals surface area contributed by atoms with Crippen LogP contribution in [-0.2, 0) is 6.54 Å². The highest BCUT2D eigenvalue weighted by Crippen LogP contribution is 2.30. The van der Waals surface area contributed by atoms with Crippen LogP contribution in [0, 0.1) is 5.82 Å². The molecule has 0 aromatic heterocycles. The fourth-order valence-corrected chi connectivity index (χ4v) is 2.43. The lowest BCUT2D eigenvalue weighted by Gasteiger charge is -2.12. The van der Waals surface area contributed by atoms with Gasteiger partial charge in [0.1, 0.15) is 5.82 Å². The number of nitrogens with one attached hydrogen (secondary N) is 1. The van der Waals surface area contributed by atoms with Crippen molar-refractivity contribution in [2.45, 2.75) is 19.9 Å². The Hall–Kier alpha value is -1.09. The molecule has 2 aromatic rings. The Balaban J connectivity index is 2.39. The second-order valence-corrected chi connectivity index (χ2v) is 5.48. The Morgan fingerprint density at radius 3 is 2.30 bits per heavy atom. The van der Waals surface area contributed by atoms with Gasteiger partial charge >= 0.3 is 0 Å². The maximum atomic E-state index is 14.1. The maximum absolute atomic E-state index is 14.1. The summed E-state index contributed by atoms with van der Waals surface area (Å²) in [6, 6.07) is 10.2. The SMILES string of the molecule is CCCNCc1cc(Cl)ccc1-c1ccc(Cl)cc1F. The van der Waals surface area contributed by atoms with Crippen molar-refractivity contribution in [3.63, 3.8) is 0 Å². The summed E-state index contributed by atoms with van der Waals surface area (Å²) in [7, 11) is 0. The molecule has 0 fully saturated rings. The van der Waals surface area contributed by atoms with Crippen molar-refractivity contribution >= 4 is 23.2 Å². The first-order valence-corrected chi connectivity index (χ1v) is 7.32. The van der Waals surface area contributed by atoms with Crippen LogP contribution in [0.15, 0.2) is 36.4 Å². The molecule has 0 saturated carbocycles. The van der Waals surface area contributed by atoms with Crippen LogP contribution in [0.4, 0.5) is 4.39 Å². The van der Waals surface area contributed by atoms with Crippen LogP contribution < -0.4 is 5.32 Å². The van der Waals surface area contributed by atoms with Crippen molar-refractivity contribution < 1.29 is 4.39 Å². The Labute approximate surface area is 128 Å². The smallest absolute Gasteiger partial charge is 0.132 e. The van der Waals surface area contributed by atoms with Gasteiger partial charge < -0.3 is 5.32 Å². The van der Waals surface area contributed by atoms with E-state index in [1.807, 2.05) is 12.1 Å². The summed E-state index contributed by atoms with van der Waals surface area (Å²) in [5, 5.41) is 4.36. The number of halogens is 3. The Morgan fingerprint density at radius 2 is 1.65 bits per heavy atom. The predicted octanol–water partition coefficient (Wildman–Crippen LogP) is 5.30. The van der Waals surface area contributed by atoms with Crippen LogP contribution in [0.3, 0.4) is 0 Å². The molecule has 0 aliphatic rings. The summed E-state index contributed by atoms with van der Waals surface area (Å²) in [5.41, 5.74) is 2.36. The molecule has 0 aliphatic carbocycles. The van der Waals surface area contributed by atoms with E-state index < -0.39 is 0 Å². The van der Waals surface area contributed by atoms with Crippen LogP contribution in [0.2, 0.25) is 10.0 Å². The van der Waals surface area contributed by atoms with Crippen LogP contribution >= 0.6 is 23.2 Å². The zero-order valence-electron chi connectivity index (χ0n) is 11.2. The highest BCUT2D eigenvalue weighted by Gasteiger charge is 2.10. The summed E-state index contributed by atoms with van der Waals surface area (Å²) in [6.07, 6.45) is 1.05. The summed E-state index contributed by atoms with van der Waals surface area (Å²) < 4.78 is 14.1. The number of hydrogen-bond donors (Lipinski definition) is 1. The molecule has 0 radical (unpaired) electrons. The standard InChI is InChI=1S/C16H16Cl2FN/c1-2-7-20-10-11-8-12(17)3-5-14(11)15-6-4-13(18)9-16(15)19/h3-6,8-9,20H,2,7,10H2,1H3. The first-order chi connectivity index (χ1) is 9.61. The Kier molecular flexibility index (Phi) is 5.41. The summed E-state index contributed by atoms with van der Waals surface area (Å²) in [6.45, 7) is 3.67. The molecule has 4 heteroatoms. The van der Waals surface area contributed by atoms with E-state index in [1.165, 1.54) is 6.07 Å². The number of benzene rings is 2. The van der Waals surface area contributed by atoms with Crippen LogP contribution in [-0.4, -0.2) is 6.54 Å². The normalized spacial score (nSPS) is 10.8. The third kappa shape index (κ3) is 3.72. The molecule has 0 atom stereocenters. The molecule has 0 spiro atoms. The highest BCUT2D eigenvalue weighted by atomic mass is 35.5. The predicted molar refractivity (Wildman–Crippen MR) is 83.9 cm³/mol. The quantitative estimate of drug-likeness (QED) is 0.739. The van der Waals surface area contributed by atoms with Gasteiger partial charge in [0.25, 0.3) is 0 Å². The Bertz CT molecular complexity index is 599. The van der Waals surface area contributed by atoms with E-state index in [-0.39, 0.29) is 5.82 Å². The molecule has 2 aromatic carbocycles. The largest absolute Gasteiger partial charge is 0.313 e. The molecule has 0 heterocycles. The monoisotopic (exact) mass is 311 g/mol. The van der Waals surface area contributed by atoms with E-state index in [0.717, 1.165) is 24.1 Å². The Morgan fingerprint density at radius 1 is 1.00 bits per heavy atom. The van der Waals surface area contributed by atoms with E-state index >= 15 is 0 Å². The lowest BCUT2D eigenvalue weighted by Crippen LogP contribution is -2.14. The van der Waals surface area contributed by atoms with Gasteiger partial charge in [-0.3, -0.25) is 0 Å². The van der Waals surface area contributed by atoms with Gasteiger partial charge in [-0.2, -0.15) is 0 Å². The van der Waals surface area contributed by atoms with E-state index in [4.69, 9.17) is 23.2 Å². The molecule has 20 heavy (non-hydrogen) atoms. The van der Waals surface area contributed by atoms with Crippen molar-refractivity contribution in [3.05, 3.63) is 57.8 Å². The lowest BCUT2D eigenvalue weighted by molar-refractivity contribution is 0.630. The highest BCUT2D eigenvalue weighted by molar-refractivity contribution is 6.31. The maximum Gasteiger partial charge on any atom is 0.132 e. The third-order valence-electron chi connectivity index (χ3n) is 3.03. The summed E-state index contributed by atoms with van der Waals surface area (Å²) in [5.74, 6) is -0.323. The molecule has 2 rings (SSSR count). The summed E-state index contributed by atoms with van der Waals surface area (Å²) in [4.78, 5) is 0.